The van der Waals surface area contributed by atoms with Gasteiger partial charge in [0.1, 0.15) is 11.3 Å². The monoisotopic (exact) mass is 397 g/mol. The van der Waals surface area contributed by atoms with Crippen molar-refractivity contribution in [3.05, 3.63) is 84.0 Å². The molecule has 4 rings (SSSR count). The van der Waals surface area contributed by atoms with Crippen LogP contribution in [0.2, 0.25) is 0 Å². The normalized spacial score (nSPS) is 11.6. The zero-order valence-electron chi connectivity index (χ0n) is 14.6. The fourth-order valence-corrected chi connectivity index (χ4v) is 3.80. The van der Waals surface area contributed by atoms with Gasteiger partial charge in [-0.15, -0.1) is 0 Å². The van der Waals surface area contributed by atoms with Gasteiger partial charge in [0.15, 0.2) is 11.5 Å². The van der Waals surface area contributed by atoms with E-state index in [-0.39, 0.29) is 10.7 Å². The Hall–Kier alpha value is -3.39. The lowest BCUT2D eigenvalue weighted by Crippen LogP contribution is -2.12. The minimum Gasteiger partial charge on any atom is -0.440 e. The SMILES string of the molecule is Nc1ccc(S(=O)(=O)Nc2ccc3oc(Cc4ccc(F)cc4)nc3c2)cc1. The van der Waals surface area contributed by atoms with Gasteiger partial charge in [-0.2, -0.15) is 0 Å². The van der Waals surface area contributed by atoms with Crippen LogP contribution in [0, 0.1) is 5.82 Å². The van der Waals surface area contributed by atoms with Gasteiger partial charge < -0.3 is 10.2 Å². The number of hydrogen-bond donors (Lipinski definition) is 2. The Kier molecular flexibility index (Phi) is 4.48. The molecular formula is C20H16FN3O3S. The molecular weight excluding hydrogens is 381 g/mol. The molecule has 1 aromatic heterocycles. The summed E-state index contributed by atoms with van der Waals surface area (Å²) in [6.07, 6.45) is 0.404. The summed E-state index contributed by atoms with van der Waals surface area (Å²) in [7, 11) is -3.74. The average Bonchev–Trinajstić information content (AvgIpc) is 3.05. The first-order chi connectivity index (χ1) is 13.4. The molecule has 0 aliphatic carbocycles. The fraction of sp³-hybridized carbons (Fsp3) is 0.0500. The van der Waals surface area contributed by atoms with E-state index in [1.165, 1.54) is 36.4 Å². The summed E-state index contributed by atoms with van der Waals surface area (Å²) >= 11 is 0. The predicted molar refractivity (Wildman–Crippen MR) is 105 cm³/mol. The van der Waals surface area contributed by atoms with Crippen LogP contribution in [0.15, 0.2) is 76.0 Å². The minimum atomic E-state index is -3.74. The number of nitrogens with two attached hydrogens (primary N) is 1. The van der Waals surface area contributed by atoms with Gasteiger partial charge in [-0.3, -0.25) is 4.72 Å². The van der Waals surface area contributed by atoms with E-state index in [4.69, 9.17) is 10.2 Å². The largest absolute Gasteiger partial charge is 0.440 e. The second-order valence-corrected chi connectivity index (χ2v) is 7.95. The molecule has 1 heterocycles. The number of sulfonamides is 1. The number of halogens is 1. The predicted octanol–water partition coefficient (Wildman–Crippen LogP) is 3.94. The number of nitrogen functional groups attached to an aromatic ring is 1. The highest BCUT2D eigenvalue weighted by Crippen LogP contribution is 2.24. The van der Waals surface area contributed by atoms with Crippen LogP contribution in [0.5, 0.6) is 0 Å². The van der Waals surface area contributed by atoms with Gasteiger partial charge in [-0.1, -0.05) is 12.1 Å². The molecule has 28 heavy (non-hydrogen) atoms. The maximum absolute atomic E-state index is 13.0. The van der Waals surface area contributed by atoms with Crippen molar-refractivity contribution in [3.8, 4) is 0 Å². The number of anilines is 2. The van der Waals surface area contributed by atoms with Gasteiger partial charge in [0.2, 0.25) is 0 Å². The molecule has 0 bridgehead atoms. The molecule has 3 aromatic carbocycles. The third kappa shape index (κ3) is 3.81. The Bertz CT molecular complexity index is 1230. The van der Waals surface area contributed by atoms with E-state index < -0.39 is 10.0 Å². The number of rotatable bonds is 5. The summed E-state index contributed by atoms with van der Waals surface area (Å²) < 4.78 is 46.2. The van der Waals surface area contributed by atoms with Crippen molar-refractivity contribution in [2.24, 2.45) is 0 Å². The van der Waals surface area contributed by atoms with Gasteiger partial charge in [0.25, 0.3) is 10.0 Å². The molecule has 0 atom stereocenters. The Labute approximate surface area is 160 Å². The minimum absolute atomic E-state index is 0.110. The molecule has 8 heteroatoms. The van der Waals surface area contributed by atoms with Gasteiger partial charge in [-0.05, 0) is 60.2 Å². The van der Waals surface area contributed by atoms with E-state index in [0.717, 1.165) is 5.56 Å². The van der Waals surface area contributed by atoms with E-state index in [1.807, 2.05) is 0 Å². The van der Waals surface area contributed by atoms with Gasteiger partial charge in [-0.25, -0.2) is 17.8 Å². The zero-order valence-corrected chi connectivity index (χ0v) is 15.4. The van der Waals surface area contributed by atoms with E-state index in [2.05, 4.69) is 9.71 Å². The number of benzene rings is 3. The van der Waals surface area contributed by atoms with Crippen LogP contribution < -0.4 is 10.5 Å². The van der Waals surface area contributed by atoms with E-state index in [9.17, 15) is 12.8 Å². The van der Waals surface area contributed by atoms with Crippen LogP contribution in [0.25, 0.3) is 11.1 Å². The molecule has 0 fully saturated rings. The first-order valence-electron chi connectivity index (χ1n) is 8.41. The molecule has 0 spiro atoms. The second kappa shape index (κ2) is 6.97. The number of nitrogens with zero attached hydrogens (tertiary/aromatic N) is 1. The molecule has 142 valence electrons. The first-order valence-corrected chi connectivity index (χ1v) is 9.90. The zero-order chi connectivity index (χ0) is 19.7. The maximum atomic E-state index is 13.0. The number of nitrogens with one attached hydrogen (secondary N) is 1. The molecule has 0 radical (unpaired) electrons. The third-order valence-corrected chi connectivity index (χ3v) is 5.54. The average molecular weight is 397 g/mol. The molecule has 3 N–H and O–H groups in total. The van der Waals surface area contributed by atoms with Crippen LogP contribution in [0.3, 0.4) is 0 Å². The summed E-state index contributed by atoms with van der Waals surface area (Å²) in [6, 6.07) is 16.9. The van der Waals surface area contributed by atoms with Crippen molar-refractivity contribution in [1.82, 2.24) is 4.98 Å². The van der Waals surface area contributed by atoms with Gasteiger partial charge >= 0.3 is 0 Å². The van der Waals surface area contributed by atoms with Gasteiger partial charge in [0.05, 0.1) is 10.6 Å². The Balaban J connectivity index is 1.57. The lowest BCUT2D eigenvalue weighted by atomic mass is 10.1. The number of oxazole rings is 1. The third-order valence-electron chi connectivity index (χ3n) is 4.14. The fourth-order valence-electron chi connectivity index (χ4n) is 2.75. The van der Waals surface area contributed by atoms with Crippen molar-refractivity contribution in [2.75, 3.05) is 10.5 Å². The van der Waals surface area contributed by atoms with E-state index in [0.29, 0.717) is 34.8 Å². The smallest absolute Gasteiger partial charge is 0.261 e. The molecule has 0 saturated carbocycles. The van der Waals surface area contributed by atoms with Crippen molar-refractivity contribution >= 4 is 32.5 Å². The molecule has 0 unspecified atom stereocenters. The Morgan fingerprint density at radius 3 is 2.43 bits per heavy atom. The summed E-state index contributed by atoms with van der Waals surface area (Å²) in [6.45, 7) is 0. The Morgan fingerprint density at radius 1 is 1.00 bits per heavy atom. The second-order valence-electron chi connectivity index (χ2n) is 6.27. The highest BCUT2D eigenvalue weighted by molar-refractivity contribution is 7.92. The summed E-state index contributed by atoms with van der Waals surface area (Å²) in [5, 5.41) is 0. The maximum Gasteiger partial charge on any atom is 0.261 e. The number of aromatic nitrogens is 1. The lowest BCUT2D eigenvalue weighted by Gasteiger charge is -2.08. The number of hydrogen-bond acceptors (Lipinski definition) is 5. The molecule has 6 nitrogen and oxygen atoms in total. The first kappa shape index (κ1) is 18.0. The number of fused-ring (bicyclic) bond motifs is 1. The molecule has 0 aliphatic heterocycles. The molecule has 0 amide bonds. The van der Waals surface area contributed by atoms with Crippen LogP contribution in [-0.4, -0.2) is 13.4 Å². The standard InChI is InChI=1S/C20H16FN3O3S/c21-14-3-1-13(2-4-14)11-20-23-18-12-16(7-10-19(18)27-20)24-28(25,26)17-8-5-15(22)6-9-17/h1-10,12,24H,11,22H2. The van der Waals surface area contributed by atoms with Crippen LogP contribution in [-0.2, 0) is 16.4 Å². The summed E-state index contributed by atoms with van der Waals surface area (Å²) in [5.74, 6) is 0.152. The van der Waals surface area contributed by atoms with Crippen molar-refractivity contribution < 1.29 is 17.2 Å². The van der Waals surface area contributed by atoms with Gasteiger partial charge in [0, 0.05) is 12.1 Å². The quantitative estimate of drug-likeness (QED) is 0.497. The van der Waals surface area contributed by atoms with Crippen molar-refractivity contribution in [2.45, 2.75) is 11.3 Å². The topological polar surface area (TPSA) is 98.2 Å². The highest BCUT2D eigenvalue weighted by Gasteiger charge is 2.15. The van der Waals surface area contributed by atoms with Crippen molar-refractivity contribution in [1.29, 1.82) is 0 Å². The molecule has 4 aromatic rings. The summed E-state index contributed by atoms with van der Waals surface area (Å²) in [4.78, 5) is 4.50. The van der Waals surface area contributed by atoms with Crippen LogP contribution >= 0.6 is 0 Å². The van der Waals surface area contributed by atoms with Crippen molar-refractivity contribution in [3.63, 3.8) is 0 Å². The molecule has 0 saturated heterocycles. The lowest BCUT2D eigenvalue weighted by molar-refractivity contribution is 0.543. The van der Waals surface area contributed by atoms with E-state index in [1.54, 1.807) is 30.3 Å². The van der Waals surface area contributed by atoms with Crippen LogP contribution in [0.4, 0.5) is 15.8 Å². The van der Waals surface area contributed by atoms with Crippen LogP contribution in [0.1, 0.15) is 11.5 Å². The Morgan fingerprint density at radius 2 is 1.71 bits per heavy atom. The molecule has 0 aliphatic rings. The highest BCUT2D eigenvalue weighted by atomic mass is 32.2. The van der Waals surface area contributed by atoms with E-state index >= 15 is 0 Å². The summed E-state index contributed by atoms with van der Waals surface area (Å²) in [5.41, 5.74) is 8.36.